The standard InChI is InChI=1S/C20H22N2O4/c1-13-5-8-18(25-13)11-22(4)20(23)16-6-9-17(10-7-16)24-12-19-14(2)21-26-15(19)3/h5-10H,11-12H2,1-4H3. The molecule has 0 spiro atoms. The van der Waals surface area contributed by atoms with Crippen molar-refractivity contribution in [1.29, 1.82) is 0 Å². The van der Waals surface area contributed by atoms with Crippen LogP contribution < -0.4 is 4.74 Å². The molecule has 26 heavy (non-hydrogen) atoms. The summed E-state index contributed by atoms with van der Waals surface area (Å²) in [6, 6.07) is 10.9. The average molecular weight is 354 g/mol. The Balaban J connectivity index is 1.60. The van der Waals surface area contributed by atoms with Crippen LogP contribution >= 0.6 is 0 Å². The molecule has 0 radical (unpaired) electrons. The van der Waals surface area contributed by atoms with Gasteiger partial charge in [-0.1, -0.05) is 5.16 Å². The predicted molar refractivity (Wildman–Crippen MR) is 96.0 cm³/mol. The first kappa shape index (κ1) is 17.8. The van der Waals surface area contributed by atoms with Gasteiger partial charge in [-0.3, -0.25) is 4.79 Å². The summed E-state index contributed by atoms with van der Waals surface area (Å²) in [5.41, 5.74) is 2.36. The second-order valence-corrected chi connectivity index (χ2v) is 6.29. The molecule has 2 heterocycles. The van der Waals surface area contributed by atoms with Crippen molar-refractivity contribution in [3.05, 3.63) is 70.5 Å². The van der Waals surface area contributed by atoms with Gasteiger partial charge in [0.1, 0.15) is 29.6 Å². The fourth-order valence-corrected chi connectivity index (χ4v) is 2.65. The minimum Gasteiger partial charge on any atom is -0.489 e. The van der Waals surface area contributed by atoms with Gasteiger partial charge in [0.25, 0.3) is 5.91 Å². The lowest BCUT2D eigenvalue weighted by atomic mass is 10.2. The molecule has 136 valence electrons. The van der Waals surface area contributed by atoms with Crippen LogP contribution in [-0.4, -0.2) is 23.0 Å². The fraction of sp³-hybridized carbons (Fsp3) is 0.300. The first-order valence-electron chi connectivity index (χ1n) is 8.39. The molecule has 0 bridgehead atoms. The maximum Gasteiger partial charge on any atom is 0.254 e. The van der Waals surface area contributed by atoms with E-state index in [0.717, 1.165) is 28.5 Å². The summed E-state index contributed by atoms with van der Waals surface area (Å²) in [4.78, 5) is 14.1. The highest BCUT2D eigenvalue weighted by Crippen LogP contribution is 2.19. The molecule has 0 fully saturated rings. The highest BCUT2D eigenvalue weighted by Gasteiger charge is 2.14. The second kappa shape index (κ2) is 7.47. The predicted octanol–water partition coefficient (Wildman–Crippen LogP) is 4.04. The van der Waals surface area contributed by atoms with Crippen molar-refractivity contribution in [2.75, 3.05) is 7.05 Å². The minimum absolute atomic E-state index is 0.0728. The van der Waals surface area contributed by atoms with Crippen molar-refractivity contribution in [3.63, 3.8) is 0 Å². The molecule has 0 saturated heterocycles. The van der Waals surface area contributed by atoms with Crippen molar-refractivity contribution in [2.24, 2.45) is 0 Å². The van der Waals surface area contributed by atoms with Gasteiger partial charge >= 0.3 is 0 Å². The van der Waals surface area contributed by atoms with Crippen LogP contribution in [0.3, 0.4) is 0 Å². The van der Waals surface area contributed by atoms with Crippen LogP contribution in [0.5, 0.6) is 5.75 Å². The van der Waals surface area contributed by atoms with E-state index < -0.39 is 0 Å². The van der Waals surface area contributed by atoms with Crippen LogP contribution in [0, 0.1) is 20.8 Å². The SMILES string of the molecule is Cc1ccc(CN(C)C(=O)c2ccc(OCc3c(C)noc3C)cc2)o1. The van der Waals surface area contributed by atoms with Gasteiger partial charge in [0, 0.05) is 12.6 Å². The third-order valence-corrected chi connectivity index (χ3v) is 4.20. The molecule has 2 aromatic heterocycles. The fourth-order valence-electron chi connectivity index (χ4n) is 2.65. The highest BCUT2D eigenvalue weighted by atomic mass is 16.5. The largest absolute Gasteiger partial charge is 0.489 e. The zero-order valence-electron chi connectivity index (χ0n) is 15.4. The van der Waals surface area contributed by atoms with Crippen molar-refractivity contribution >= 4 is 5.91 Å². The Morgan fingerprint density at radius 1 is 1.12 bits per heavy atom. The van der Waals surface area contributed by atoms with E-state index >= 15 is 0 Å². The topological polar surface area (TPSA) is 68.7 Å². The van der Waals surface area contributed by atoms with E-state index in [4.69, 9.17) is 13.7 Å². The van der Waals surface area contributed by atoms with Gasteiger partial charge in [0.15, 0.2) is 0 Å². The van der Waals surface area contributed by atoms with Gasteiger partial charge in [0.05, 0.1) is 17.8 Å². The smallest absolute Gasteiger partial charge is 0.254 e. The molecule has 0 atom stereocenters. The highest BCUT2D eigenvalue weighted by molar-refractivity contribution is 5.94. The minimum atomic E-state index is -0.0728. The van der Waals surface area contributed by atoms with E-state index in [1.807, 2.05) is 32.9 Å². The van der Waals surface area contributed by atoms with Crippen LogP contribution in [0.2, 0.25) is 0 Å². The number of carbonyl (C=O) groups excluding carboxylic acids is 1. The van der Waals surface area contributed by atoms with Crippen molar-refractivity contribution in [3.8, 4) is 5.75 Å². The van der Waals surface area contributed by atoms with Crippen LogP contribution in [0.4, 0.5) is 0 Å². The number of aromatic nitrogens is 1. The molecule has 0 aliphatic carbocycles. The third-order valence-electron chi connectivity index (χ3n) is 4.20. The van der Waals surface area contributed by atoms with Crippen molar-refractivity contribution in [1.82, 2.24) is 10.1 Å². The van der Waals surface area contributed by atoms with E-state index in [-0.39, 0.29) is 5.91 Å². The Labute approximate surface area is 152 Å². The molecule has 0 unspecified atom stereocenters. The molecular formula is C20H22N2O4. The van der Waals surface area contributed by atoms with Gasteiger partial charge in [-0.25, -0.2) is 0 Å². The molecule has 3 rings (SSSR count). The first-order valence-corrected chi connectivity index (χ1v) is 8.39. The maximum absolute atomic E-state index is 12.5. The lowest BCUT2D eigenvalue weighted by Gasteiger charge is -2.16. The molecule has 0 aliphatic rings. The average Bonchev–Trinajstić information content (AvgIpc) is 3.18. The molecule has 6 heteroatoms. The number of hydrogen-bond acceptors (Lipinski definition) is 5. The Kier molecular flexibility index (Phi) is 5.11. The lowest BCUT2D eigenvalue weighted by Crippen LogP contribution is -2.25. The number of benzene rings is 1. The summed E-state index contributed by atoms with van der Waals surface area (Å²) in [5, 5.41) is 3.91. The Hall–Kier alpha value is -3.02. The number of rotatable bonds is 6. The number of aryl methyl sites for hydroxylation is 3. The van der Waals surface area contributed by atoms with E-state index in [9.17, 15) is 4.79 Å². The number of carbonyl (C=O) groups is 1. The molecule has 0 saturated carbocycles. The Morgan fingerprint density at radius 3 is 2.42 bits per heavy atom. The number of nitrogens with zero attached hydrogens (tertiary/aromatic N) is 2. The van der Waals surface area contributed by atoms with Gasteiger partial charge < -0.3 is 18.6 Å². The summed E-state index contributed by atoms with van der Waals surface area (Å²) < 4.78 is 16.4. The van der Waals surface area contributed by atoms with Crippen molar-refractivity contribution in [2.45, 2.75) is 33.9 Å². The quantitative estimate of drug-likeness (QED) is 0.668. The van der Waals surface area contributed by atoms with E-state index in [1.165, 1.54) is 0 Å². The molecular weight excluding hydrogens is 332 g/mol. The summed E-state index contributed by atoms with van der Waals surface area (Å²) in [6.45, 7) is 6.43. The van der Waals surface area contributed by atoms with Crippen LogP contribution in [0.15, 0.2) is 45.3 Å². The lowest BCUT2D eigenvalue weighted by molar-refractivity contribution is 0.0775. The Morgan fingerprint density at radius 2 is 1.85 bits per heavy atom. The van der Waals surface area contributed by atoms with E-state index in [2.05, 4.69) is 5.16 Å². The third kappa shape index (κ3) is 3.96. The summed E-state index contributed by atoms with van der Waals surface area (Å²) >= 11 is 0. The van der Waals surface area contributed by atoms with Gasteiger partial charge in [-0.15, -0.1) is 0 Å². The number of ether oxygens (including phenoxy) is 1. The monoisotopic (exact) mass is 354 g/mol. The number of hydrogen-bond donors (Lipinski definition) is 0. The van der Waals surface area contributed by atoms with Gasteiger partial charge in [-0.05, 0) is 57.2 Å². The summed E-state index contributed by atoms with van der Waals surface area (Å²) in [6.07, 6.45) is 0. The summed E-state index contributed by atoms with van der Waals surface area (Å²) in [7, 11) is 1.75. The second-order valence-electron chi connectivity index (χ2n) is 6.29. The molecule has 0 aliphatic heterocycles. The normalized spacial score (nSPS) is 10.8. The number of amides is 1. The first-order chi connectivity index (χ1) is 12.4. The zero-order valence-corrected chi connectivity index (χ0v) is 15.4. The Bertz CT molecular complexity index is 873. The number of furan rings is 1. The maximum atomic E-state index is 12.5. The van der Waals surface area contributed by atoms with Crippen molar-refractivity contribution < 1.29 is 18.5 Å². The molecule has 3 aromatic rings. The van der Waals surface area contributed by atoms with Gasteiger partial charge in [0.2, 0.25) is 0 Å². The molecule has 1 aromatic carbocycles. The van der Waals surface area contributed by atoms with Crippen LogP contribution in [0.25, 0.3) is 0 Å². The van der Waals surface area contributed by atoms with E-state index in [1.54, 1.807) is 36.2 Å². The zero-order chi connectivity index (χ0) is 18.7. The van der Waals surface area contributed by atoms with Crippen LogP contribution in [0.1, 0.15) is 38.9 Å². The van der Waals surface area contributed by atoms with Gasteiger partial charge in [-0.2, -0.15) is 0 Å². The molecule has 1 amide bonds. The van der Waals surface area contributed by atoms with Crippen LogP contribution in [-0.2, 0) is 13.2 Å². The molecule has 0 N–H and O–H groups in total. The van der Waals surface area contributed by atoms with E-state index in [0.29, 0.717) is 24.5 Å². The molecule has 6 nitrogen and oxygen atoms in total. The summed E-state index contributed by atoms with van der Waals surface area (Å²) in [5.74, 6) is 2.96.